The average Bonchev–Trinajstić information content (AvgIpc) is 2.32. The predicted molar refractivity (Wildman–Crippen MR) is 62.7 cm³/mol. The molecule has 0 saturated carbocycles. The maximum absolute atomic E-state index is 12.9. The second kappa shape index (κ2) is 5.07. The lowest BCUT2D eigenvalue weighted by Crippen LogP contribution is -1.97. The van der Waals surface area contributed by atoms with Gasteiger partial charge in [-0.05, 0) is 21.5 Å². The third-order valence-corrected chi connectivity index (χ3v) is 2.61. The minimum atomic E-state index is -0.411. The lowest BCUT2D eigenvalue weighted by molar-refractivity contribution is 0.301. The molecule has 0 bridgehead atoms. The SMILES string of the molecule is Fc1cnc(Br)c(OCc2ccccc2)c1. The van der Waals surface area contributed by atoms with E-state index in [9.17, 15) is 4.39 Å². The van der Waals surface area contributed by atoms with Crippen molar-refractivity contribution in [1.82, 2.24) is 4.98 Å². The maximum atomic E-state index is 12.9. The van der Waals surface area contributed by atoms with Crippen molar-refractivity contribution in [3.05, 3.63) is 58.6 Å². The molecule has 0 amide bonds. The highest BCUT2D eigenvalue weighted by atomic mass is 79.9. The summed E-state index contributed by atoms with van der Waals surface area (Å²) in [6, 6.07) is 11.0. The predicted octanol–water partition coefficient (Wildman–Crippen LogP) is 3.56. The Hall–Kier alpha value is -1.42. The molecule has 0 fully saturated rings. The van der Waals surface area contributed by atoms with E-state index in [4.69, 9.17) is 4.74 Å². The lowest BCUT2D eigenvalue weighted by atomic mass is 10.2. The summed E-state index contributed by atoms with van der Waals surface area (Å²) in [4.78, 5) is 3.81. The summed E-state index contributed by atoms with van der Waals surface area (Å²) in [6.07, 6.45) is 1.14. The first-order chi connectivity index (χ1) is 7.75. The van der Waals surface area contributed by atoms with E-state index in [1.54, 1.807) is 0 Å². The van der Waals surface area contributed by atoms with Crippen molar-refractivity contribution in [1.29, 1.82) is 0 Å². The summed E-state index contributed by atoms with van der Waals surface area (Å²) in [5.41, 5.74) is 1.03. The molecule has 2 rings (SSSR count). The summed E-state index contributed by atoms with van der Waals surface area (Å²) in [7, 11) is 0. The Balaban J connectivity index is 2.08. The van der Waals surface area contributed by atoms with Gasteiger partial charge in [-0.25, -0.2) is 9.37 Å². The molecule has 2 aromatic rings. The lowest BCUT2D eigenvalue weighted by Gasteiger charge is -2.07. The van der Waals surface area contributed by atoms with Gasteiger partial charge in [0.2, 0.25) is 0 Å². The fourth-order valence-electron chi connectivity index (χ4n) is 1.24. The molecular formula is C12H9BrFNO. The summed E-state index contributed by atoms with van der Waals surface area (Å²) < 4.78 is 18.9. The van der Waals surface area contributed by atoms with Crippen molar-refractivity contribution in [2.45, 2.75) is 6.61 Å². The van der Waals surface area contributed by atoms with E-state index in [2.05, 4.69) is 20.9 Å². The summed E-state index contributed by atoms with van der Waals surface area (Å²) in [6.45, 7) is 0.393. The molecular weight excluding hydrogens is 273 g/mol. The summed E-state index contributed by atoms with van der Waals surface area (Å²) in [5, 5.41) is 0. The fourth-order valence-corrected chi connectivity index (χ4v) is 1.57. The molecule has 1 aromatic carbocycles. The largest absolute Gasteiger partial charge is 0.486 e. The van der Waals surface area contributed by atoms with Crippen LogP contribution in [-0.4, -0.2) is 4.98 Å². The van der Waals surface area contributed by atoms with Crippen molar-refractivity contribution >= 4 is 15.9 Å². The molecule has 2 nitrogen and oxygen atoms in total. The topological polar surface area (TPSA) is 22.1 Å². The molecule has 0 radical (unpaired) electrons. The third-order valence-electron chi connectivity index (χ3n) is 2.01. The second-order valence-corrected chi connectivity index (χ2v) is 3.97. The molecule has 0 spiro atoms. The number of nitrogens with zero attached hydrogens (tertiary/aromatic N) is 1. The van der Waals surface area contributed by atoms with Gasteiger partial charge in [0, 0.05) is 6.07 Å². The van der Waals surface area contributed by atoms with Crippen LogP contribution in [0.1, 0.15) is 5.56 Å². The molecule has 0 N–H and O–H groups in total. The van der Waals surface area contributed by atoms with Gasteiger partial charge in [0.1, 0.15) is 17.0 Å². The highest BCUT2D eigenvalue weighted by Crippen LogP contribution is 2.23. The van der Waals surface area contributed by atoms with Crippen molar-refractivity contribution in [3.63, 3.8) is 0 Å². The van der Waals surface area contributed by atoms with Crippen molar-refractivity contribution in [3.8, 4) is 5.75 Å². The zero-order valence-electron chi connectivity index (χ0n) is 8.36. The Morgan fingerprint density at radius 3 is 2.75 bits per heavy atom. The van der Waals surface area contributed by atoms with Crippen molar-refractivity contribution in [2.75, 3.05) is 0 Å². The second-order valence-electron chi connectivity index (χ2n) is 3.22. The Morgan fingerprint density at radius 2 is 2.00 bits per heavy atom. The van der Waals surface area contributed by atoms with Crippen LogP contribution in [-0.2, 0) is 6.61 Å². The zero-order chi connectivity index (χ0) is 11.4. The van der Waals surface area contributed by atoms with Crippen LogP contribution in [0.4, 0.5) is 4.39 Å². The highest BCUT2D eigenvalue weighted by molar-refractivity contribution is 9.10. The van der Waals surface area contributed by atoms with Gasteiger partial charge in [-0.1, -0.05) is 30.3 Å². The fraction of sp³-hybridized carbons (Fsp3) is 0.0833. The van der Waals surface area contributed by atoms with E-state index in [0.717, 1.165) is 11.8 Å². The minimum absolute atomic E-state index is 0.393. The monoisotopic (exact) mass is 281 g/mol. The van der Waals surface area contributed by atoms with Gasteiger partial charge in [0.15, 0.2) is 5.75 Å². The first-order valence-corrected chi connectivity index (χ1v) is 5.53. The van der Waals surface area contributed by atoms with Crippen LogP contribution < -0.4 is 4.74 Å². The number of ether oxygens (including phenoxy) is 1. The molecule has 1 heterocycles. The van der Waals surface area contributed by atoms with E-state index in [1.165, 1.54) is 6.07 Å². The van der Waals surface area contributed by atoms with E-state index in [-0.39, 0.29) is 0 Å². The molecule has 0 saturated heterocycles. The van der Waals surface area contributed by atoms with Gasteiger partial charge in [-0.15, -0.1) is 0 Å². The van der Waals surface area contributed by atoms with Gasteiger partial charge in [0.05, 0.1) is 6.20 Å². The normalized spacial score (nSPS) is 10.1. The molecule has 0 aliphatic heterocycles. The third kappa shape index (κ3) is 2.79. The molecule has 0 atom stereocenters. The zero-order valence-corrected chi connectivity index (χ0v) is 9.95. The quantitative estimate of drug-likeness (QED) is 0.803. The number of benzene rings is 1. The standard InChI is InChI=1S/C12H9BrFNO/c13-12-11(6-10(14)7-15-12)16-8-9-4-2-1-3-5-9/h1-7H,8H2. The van der Waals surface area contributed by atoms with Crippen LogP contribution in [0.5, 0.6) is 5.75 Å². The molecule has 4 heteroatoms. The number of aromatic nitrogens is 1. The first kappa shape index (κ1) is 11.1. The number of halogens is 2. The van der Waals surface area contributed by atoms with Gasteiger partial charge in [0.25, 0.3) is 0 Å². The molecule has 0 aliphatic rings. The Labute approximate surface area is 101 Å². The van der Waals surface area contributed by atoms with E-state index >= 15 is 0 Å². The molecule has 82 valence electrons. The summed E-state index contributed by atoms with van der Waals surface area (Å²) in [5.74, 6) is -0.00452. The van der Waals surface area contributed by atoms with Crippen LogP contribution in [0.3, 0.4) is 0 Å². The average molecular weight is 282 g/mol. The van der Waals surface area contributed by atoms with Crippen LogP contribution in [0.2, 0.25) is 0 Å². The van der Waals surface area contributed by atoms with Crippen LogP contribution in [0.25, 0.3) is 0 Å². The number of hydrogen-bond donors (Lipinski definition) is 0. The molecule has 0 aliphatic carbocycles. The van der Waals surface area contributed by atoms with E-state index in [1.807, 2.05) is 30.3 Å². The molecule has 1 aromatic heterocycles. The molecule has 16 heavy (non-hydrogen) atoms. The van der Waals surface area contributed by atoms with Gasteiger partial charge in [-0.2, -0.15) is 0 Å². The van der Waals surface area contributed by atoms with E-state index < -0.39 is 5.82 Å². The van der Waals surface area contributed by atoms with Gasteiger partial charge in [-0.3, -0.25) is 0 Å². The maximum Gasteiger partial charge on any atom is 0.155 e. The first-order valence-electron chi connectivity index (χ1n) is 4.73. The smallest absolute Gasteiger partial charge is 0.155 e. The van der Waals surface area contributed by atoms with Crippen LogP contribution >= 0.6 is 15.9 Å². The van der Waals surface area contributed by atoms with Crippen molar-refractivity contribution in [2.24, 2.45) is 0 Å². The highest BCUT2D eigenvalue weighted by Gasteiger charge is 2.04. The summed E-state index contributed by atoms with van der Waals surface area (Å²) >= 11 is 3.20. The minimum Gasteiger partial charge on any atom is -0.486 e. The number of pyridine rings is 1. The number of hydrogen-bond acceptors (Lipinski definition) is 2. The van der Waals surface area contributed by atoms with Crippen LogP contribution in [0.15, 0.2) is 47.2 Å². The van der Waals surface area contributed by atoms with Gasteiger partial charge < -0.3 is 4.74 Å². The Kier molecular flexibility index (Phi) is 3.51. The Bertz CT molecular complexity index is 476. The van der Waals surface area contributed by atoms with Crippen LogP contribution in [0, 0.1) is 5.82 Å². The Morgan fingerprint density at radius 1 is 1.25 bits per heavy atom. The molecule has 0 unspecified atom stereocenters. The van der Waals surface area contributed by atoms with E-state index in [0.29, 0.717) is 17.0 Å². The van der Waals surface area contributed by atoms with Gasteiger partial charge >= 0.3 is 0 Å². The van der Waals surface area contributed by atoms with Crippen molar-refractivity contribution < 1.29 is 9.13 Å². The number of rotatable bonds is 3.